The molecule has 1 aliphatic carbocycles. The highest BCUT2D eigenvalue weighted by molar-refractivity contribution is 5.84. The zero-order valence-corrected chi connectivity index (χ0v) is 8.23. The number of ketones is 1. The third-order valence-corrected chi connectivity index (χ3v) is 2.72. The molecule has 0 saturated heterocycles. The van der Waals surface area contributed by atoms with Crippen LogP contribution in [-0.4, -0.2) is 16.9 Å². The van der Waals surface area contributed by atoms with Crippen LogP contribution in [0.1, 0.15) is 47.9 Å². The maximum atomic E-state index is 11.2. The fourth-order valence-corrected chi connectivity index (χ4v) is 1.95. The Kier molecular flexibility index (Phi) is 2.58. The Labute approximate surface area is 86.9 Å². The van der Waals surface area contributed by atoms with Gasteiger partial charge in [-0.05, 0) is 25.0 Å². The summed E-state index contributed by atoms with van der Waals surface area (Å²) in [6.07, 6.45) is 2.89. The molecule has 1 saturated carbocycles. The normalized spacial score (nSPS) is 21.6. The summed E-state index contributed by atoms with van der Waals surface area (Å²) in [4.78, 5) is 21.8. The standard InChI is InChI=1S/C11H12O4/c12-8-3-1-2-7(6-8)9-4-5-10(15-9)11(13)14/h4-5,7H,1-3,6H2,(H,13,14). The van der Waals surface area contributed by atoms with E-state index in [1.165, 1.54) is 6.07 Å². The summed E-state index contributed by atoms with van der Waals surface area (Å²) < 4.78 is 5.18. The molecular weight excluding hydrogens is 196 g/mol. The van der Waals surface area contributed by atoms with Gasteiger partial charge in [0.1, 0.15) is 11.5 Å². The Morgan fingerprint density at radius 1 is 1.47 bits per heavy atom. The number of furan rings is 1. The van der Waals surface area contributed by atoms with Crippen LogP contribution in [0.3, 0.4) is 0 Å². The van der Waals surface area contributed by atoms with E-state index >= 15 is 0 Å². The maximum Gasteiger partial charge on any atom is 0.371 e. The third kappa shape index (κ3) is 2.09. The highest BCUT2D eigenvalue weighted by atomic mass is 16.4. The molecule has 15 heavy (non-hydrogen) atoms. The topological polar surface area (TPSA) is 67.5 Å². The van der Waals surface area contributed by atoms with Crippen molar-refractivity contribution in [1.29, 1.82) is 0 Å². The quantitative estimate of drug-likeness (QED) is 0.809. The van der Waals surface area contributed by atoms with Crippen molar-refractivity contribution in [2.24, 2.45) is 0 Å². The van der Waals surface area contributed by atoms with E-state index in [0.717, 1.165) is 12.8 Å². The molecule has 1 aromatic heterocycles. The average molecular weight is 208 g/mol. The third-order valence-electron chi connectivity index (χ3n) is 2.72. The SMILES string of the molecule is O=C1CCCC(c2ccc(C(=O)O)o2)C1. The summed E-state index contributed by atoms with van der Waals surface area (Å²) >= 11 is 0. The lowest BCUT2D eigenvalue weighted by Gasteiger charge is -2.18. The number of carboxylic acid groups (broad SMARTS) is 1. The number of rotatable bonds is 2. The first-order chi connectivity index (χ1) is 7.16. The summed E-state index contributed by atoms with van der Waals surface area (Å²) in [6, 6.07) is 3.10. The van der Waals surface area contributed by atoms with Crippen molar-refractivity contribution in [3.8, 4) is 0 Å². The van der Waals surface area contributed by atoms with E-state index in [4.69, 9.17) is 9.52 Å². The first-order valence-electron chi connectivity index (χ1n) is 5.01. The Bertz CT molecular complexity index is 391. The summed E-state index contributed by atoms with van der Waals surface area (Å²) in [7, 11) is 0. The molecule has 80 valence electrons. The highest BCUT2D eigenvalue weighted by Gasteiger charge is 2.24. The first-order valence-corrected chi connectivity index (χ1v) is 5.01. The van der Waals surface area contributed by atoms with Gasteiger partial charge in [-0.3, -0.25) is 4.79 Å². The Morgan fingerprint density at radius 3 is 2.87 bits per heavy atom. The van der Waals surface area contributed by atoms with Crippen LogP contribution in [0, 0.1) is 0 Å². The van der Waals surface area contributed by atoms with Crippen LogP contribution < -0.4 is 0 Å². The molecule has 1 aromatic rings. The van der Waals surface area contributed by atoms with Crippen LogP contribution in [0.25, 0.3) is 0 Å². The molecule has 1 heterocycles. The van der Waals surface area contributed by atoms with Crippen molar-refractivity contribution < 1.29 is 19.1 Å². The molecule has 0 aliphatic heterocycles. The lowest BCUT2D eigenvalue weighted by Crippen LogP contribution is -2.12. The molecule has 0 aromatic carbocycles. The molecular formula is C11H12O4. The van der Waals surface area contributed by atoms with Gasteiger partial charge in [0.2, 0.25) is 5.76 Å². The molecule has 0 amide bonds. The Morgan fingerprint density at radius 2 is 2.27 bits per heavy atom. The van der Waals surface area contributed by atoms with E-state index in [-0.39, 0.29) is 17.5 Å². The van der Waals surface area contributed by atoms with Crippen molar-refractivity contribution in [2.45, 2.75) is 31.6 Å². The van der Waals surface area contributed by atoms with Crippen molar-refractivity contribution in [2.75, 3.05) is 0 Å². The molecule has 1 N–H and O–H groups in total. The molecule has 0 radical (unpaired) electrons. The average Bonchev–Trinajstić information content (AvgIpc) is 2.66. The van der Waals surface area contributed by atoms with Gasteiger partial charge < -0.3 is 9.52 Å². The van der Waals surface area contributed by atoms with E-state index in [1.54, 1.807) is 6.07 Å². The minimum atomic E-state index is -1.07. The van der Waals surface area contributed by atoms with Gasteiger partial charge in [-0.1, -0.05) is 0 Å². The summed E-state index contributed by atoms with van der Waals surface area (Å²) in [6.45, 7) is 0. The predicted molar refractivity (Wildman–Crippen MR) is 51.9 cm³/mol. The molecule has 4 heteroatoms. The van der Waals surface area contributed by atoms with E-state index < -0.39 is 5.97 Å². The lowest BCUT2D eigenvalue weighted by atomic mass is 9.87. The minimum Gasteiger partial charge on any atom is -0.475 e. The Hall–Kier alpha value is -1.58. The molecule has 0 bridgehead atoms. The first kappa shape index (κ1) is 9.96. The second-order valence-electron chi connectivity index (χ2n) is 3.84. The fourth-order valence-electron chi connectivity index (χ4n) is 1.95. The maximum absolute atomic E-state index is 11.2. The van der Waals surface area contributed by atoms with E-state index in [2.05, 4.69) is 0 Å². The van der Waals surface area contributed by atoms with Gasteiger partial charge in [0.05, 0.1) is 0 Å². The van der Waals surface area contributed by atoms with Crippen LogP contribution in [-0.2, 0) is 4.79 Å². The smallest absolute Gasteiger partial charge is 0.371 e. The Balaban J connectivity index is 2.14. The number of Topliss-reactive ketones (excluding diaryl/α,β-unsaturated/α-hetero) is 1. The molecule has 1 fully saturated rings. The lowest BCUT2D eigenvalue weighted by molar-refractivity contribution is -0.120. The van der Waals surface area contributed by atoms with Crippen molar-refractivity contribution in [3.05, 3.63) is 23.7 Å². The van der Waals surface area contributed by atoms with E-state index in [0.29, 0.717) is 18.6 Å². The van der Waals surface area contributed by atoms with Gasteiger partial charge in [-0.15, -0.1) is 0 Å². The zero-order valence-electron chi connectivity index (χ0n) is 8.23. The highest BCUT2D eigenvalue weighted by Crippen LogP contribution is 2.31. The van der Waals surface area contributed by atoms with Crippen LogP contribution in [0.4, 0.5) is 0 Å². The molecule has 1 aliphatic rings. The van der Waals surface area contributed by atoms with Gasteiger partial charge >= 0.3 is 5.97 Å². The number of hydrogen-bond acceptors (Lipinski definition) is 3. The predicted octanol–water partition coefficient (Wildman–Crippen LogP) is 2.20. The van der Waals surface area contributed by atoms with Crippen molar-refractivity contribution in [1.82, 2.24) is 0 Å². The van der Waals surface area contributed by atoms with Crippen LogP contribution in [0.5, 0.6) is 0 Å². The largest absolute Gasteiger partial charge is 0.475 e. The van der Waals surface area contributed by atoms with Gasteiger partial charge in [-0.25, -0.2) is 4.79 Å². The van der Waals surface area contributed by atoms with Gasteiger partial charge in [0.25, 0.3) is 0 Å². The number of aromatic carboxylic acids is 1. The van der Waals surface area contributed by atoms with Crippen molar-refractivity contribution >= 4 is 11.8 Å². The molecule has 4 nitrogen and oxygen atoms in total. The van der Waals surface area contributed by atoms with Crippen LogP contribution in [0.2, 0.25) is 0 Å². The second-order valence-corrected chi connectivity index (χ2v) is 3.84. The molecule has 1 unspecified atom stereocenters. The van der Waals surface area contributed by atoms with Gasteiger partial charge in [0, 0.05) is 18.8 Å². The fraction of sp³-hybridized carbons (Fsp3) is 0.455. The van der Waals surface area contributed by atoms with Crippen molar-refractivity contribution in [3.63, 3.8) is 0 Å². The minimum absolute atomic E-state index is 0.0528. The second kappa shape index (κ2) is 3.88. The zero-order chi connectivity index (χ0) is 10.8. The van der Waals surface area contributed by atoms with E-state index in [9.17, 15) is 9.59 Å². The number of hydrogen-bond donors (Lipinski definition) is 1. The molecule has 2 rings (SSSR count). The molecule has 0 spiro atoms. The number of carbonyl (C=O) groups excluding carboxylic acids is 1. The van der Waals surface area contributed by atoms with E-state index in [1.807, 2.05) is 0 Å². The summed E-state index contributed by atoms with van der Waals surface area (Å²) in [5, 5.41) is 8.69. The number of carbonyl (C=O) groups is 2. The number of carboxylic acids is 1. The molecule has 1 atom stereocenters. The monoisotopic (exact) mass is 208 g/mol. The van der Waals surface area contributed by atoms with Gasteiger partial charge in [0.15, 0.2) is 0 Å². The van der Waals surface area contributed by atoms with Gasteiger partial charge in [-0.2, -0.15) is 0 Å². The van der Waals surface area contributed by atoms with Crippen LogP contribution in [0.15, 0.2) is 16.5 Å². The summed E-state index contributed by atoms with van der Waals surface area (Å²) in [5.74, 6) is -0.189. The van der Waals surface area contributed by atoms with Crippen LogP contribution >= 0.6 is 0 Å². The summed E-state index contributed by atoms with van der Waals surface area (Å²) in [5.41, 5.74) is 0.